The highest BCUT2D eigenvalue weighted by Gasteiger charge is 2.25. The van der Waals surface area contributed by atoms with E-state index in [0.717, 1.165) is 12.8 Å². The van der Waals surface area contributed by atoms with E-state index in [1.54, 1.807) is 18.2 Å². The summed E-state index contributed by atoms with van der Waals surface area (Å²) in [5, 5.41) is 9.26. The minimum Gasteiger partial charge on any atom is -0.481 e. The first-order valence-corrected chi connectivity index (χ1v) is 6.63. The van der Waals surface area contributed by atoms with Crippen LogP contribution in [0.2, 0.25) is 0 Å². The van der Waals surface area contributed by atoms with E-state index < -0.39 is 11.9 Å². The van der Waals surface area contributed by atoms with E-state index in [-0.39, 0.29) is 5.82 Å². The SMILES string of the molecule is O=C(O)C(Cc1ccccc1F)CC1CCCC1. The molecule has 2 rings (SSSR count). The summed E-state index contributed by atoms with van der Waals surface area (Å²) >= 11 is 0. The molecule has 2 nitrogen and oxygen atoms in total. The van der Waals surface area contributed by atoms with E-state index in [2.05, 4.69) is 0 Å². The highest BCUT2D eigenvalue weighted by molar-refractivity contribution is 5.70. The van der Waals surface area contributed by atoms with Crippen molar-refractivity contribution in [2.24, 2.45) is 11.8 Å². The average molecular weight is 250 g/mol. The zero-order chi connectivity index (χ0) is 13.0. The molecule has 1 aromatic rings. The number of carbonyl (C=O) groups is 1. The summed E-state index contributed by atoms with van der Waals surface area (Å²) in [5.74, 6) is -1.04. The monoisotopic (exact) mass is 250 g/mol. The second-order valence-electron chi connectivity index (χ2n) is 5.22. The van der Waals surface area contributed by atoms with E-state index >= 15 is 0 Å². The van der Waals surface area contributed by atoms with E-state index in [4.69, 9.17) is 0 Å². The maximum Gasteiger partial charge on any atom is 0.306 e. The molecule has 1 atom stereocenters. The Bertz CT molecular complexity index is 411. The largest absolute Gasteiger partial charge is 0.481 e. The molecule has 1 fully saturated rings. The Kier molecular flexibility index (Phi) is 4.34. The molecule has 0 spiro atoms. The molecule has 1 aromatic carbocycles. The van der Waals surface area contributed by atoms with Gasteiger partial charge in [-0.25, -0.2) is 4.39 Å². The quantitative estimate of drug-likeness (QED) is 0.866. The third-order valence-corrected chi connectivity index (χ3v) is 3.87. The number of benzene rings is 1. The molecule has 1 aliphatic rings. The predicted octanol–water partition coefficient (Wildman–Crippen LogP) is 3.65. The molecule has 0 saturated heterocycles. The Morgan fingerprint density at radius 2 is 2.00 bits per heavy atom. The fourth-order valence-corrected chi connectivity index (χ4v) is 2.85. The van der Waals surface area contributed by atoms with Crippen molar-refractivity contribution in [3.8, 4) is 0 Å². The summed E-state index contributed by atoms with van der Waals surface area (Å²) in [5.41, 5.74) is 0.517. The predicted molar refractivity (Wildman–Crippen MR) is 67.8 cm³/mol. The van der Waals surface area contributed by atoms with Crippen molar-refractivity contribution in [2.45, 2.75) is 38.5 Å². The Morgan fingerprint density at radius 1 is 1.33 bits per heavy atom. The van der Waals surface area contributed by atoms with Gasteiger partial charge in [0.25, 0.3) is 0 Å². The van der Waals surface area contributed by atoms with Gasteiger partial charge < -0.3 is 5.11 Å². The van der Waals surface area contributed by atoms with E-state index in [0.29, 0.717) is 24.3 Å². The third kappa shape index (κ3) is 3.31. The van der Waals surface area contributed by atoms with Gasteiger partial charge in [-0.15, -0.1) is 0 Å². The number of halogens is 1. The summed E-state index contributed by atoms with van der Waals surface area (Å²) < 4.78 is 13.5. The zero-order valence-electron chi connectivity index (χ0n) is 10.4. The molecule has 0 aliphatic heterocycles. The van der Waals surface area contributed by atoms with Crippen LogP contribution < -0.4 is 0 Å². The molecule has 1 N–H and O–H groups in total. The summed E-state index contributed by atoms with van der Waals surface area (Å²) in [7, 11) is 0. The average Bonchev–Trinajstić information content (AvgIpc) is 2.83. The second-order valence-corrected chi connectivity index (χ2v) is 5.22. The molecule has 1 unspecified atom stereocenters. The van der Waals surface area contributed by atoms with E-state index in [9.17, 15) is 14.3 Å². The molecule has 1 saturated carbocycles. The van der Waals surface area contributed by atoms with Crippen molar-refractivity contribution < 1.29 is 14.3 Å². The highest BCUT2D eigenvalue weighted by Crippen LogP contribution is 2.31. The fraction of sp³-hybridized carbons (Fsp3) is 0.533. The van der Waals surface area contributed by atoms with Crippen LogP contribution in [-0.2, 0) is 11.2 Å². The topological polar surface area (TPSA) is 37.3 Å². The van der Waals surface area contributed by atoms with Crippen molar-refractivity contribution in [3.63, 3.8) is 0 Å². The maximum atomic E-state index is 13.5. The van der Waals surface area contributed by atoms with Crippen molar-refractivity contribution in [1.82, 2.24) is 0 Å². The standard InChI is InChI=1S/C15H19FO2/c16-14-8-4-3-7-12(14)10-13(15(17)18)9-11-5-1-2-6-11/h3-4,7-8,11,13H,1-2,5-6,9-10H2,(H,17,18). The number of rotatable bonds is 5. The minimum atomic E-state index is -0.801. The number of carboxylic acid groups (broad SMARTS) is 1. The van der Waals surface area contributed by atoms with E-state index in [1.807, 2.05) is 0 Å². The van der Waals surface area contributed by atoms with Crippen molar-refractivity contribution in [3.05, 3.63) is 35.6 Å². The van der Waals surface area contributed by atoms with E-state index in [1.165, 1.54) is 18.9 Å². The highest BCUT2D eigenvalue weighted by atomic mass is 19.1. The van der Waals surface area contributed by atoms with Crippen LogP contribution >= 0.6 is 0 Å². The zero-order valence-corrected chi connectivity index (χ0v) is 10.4. The minimum absolute atomic E-state index is 0.296. The molecule has 0 heterocycles. The van der Waals surface area contributed by atoms with Crippen LogP contribution in [0.4, 0.5) is 4.39 Å². The van der Waals surface area contributed by atoms with Crippen LogP contribution in [0, 0.1) is 17.7 Å². The summed E-state index contributed by atoms with van der Waals surface area (Å²) in [6.45, 7) is 0. The lowest BCUT2D eigenvalue weighted by molar-refractivity contribution is -0.142. The normalized spacial score (nSPS) is 17.8. The van der Waals surface area contributed by atoms with Crippen molar-refractivity contribution in [1.29, 1.82) is 0 Å². The first kappa shape index (κ1) is 13.1. The molecular formula is C15H19FO2. The van der Waals surface area contributed by atoms with Crippen LogP contribution in [0.25, 0.3) is 0 Å². The molecule has 98 valence electrons. The third-order valence-electron chi connectivity index (χ3n) is 3.87. The maximum absolute atomic E-state index is 13.5. The Hall–Kier alpha value is -1.38. The molecule has 0 radical (unpaired) electrons. The smallest absolute Gasteiger partial charge is 0.306 e. The van der Waals surface area contributed by atoms with Crippen molar-refractivity contribution >= 4 is 5.97 Å². The van der Waals surface area contributed by atoms with Gasteiger partial charge in [0.1, 0.15) is 5.82 Å². The Balaban J connectivity index is 2.02. The van der Waals surface area contributed by atoms with Gasteiger partial charge in [-0.2, -0.15) is 0 Å². The second kappa shape index (κ2) is 5.98. The lowest BCUT2D eigenvalue weighted by Crippen LogP contribution is -2.20. The Labute approximate surface area is 107 Å². The van der Waals surface area contributed by atoms with Gasteiger partial charge in [-0.05, 0) is 30.4 Å². The number of hydrogen-bond donors (Lipinski definition) is 1. The van der Waals surface area contributed by atoms with Gasteiger partial charge in [0, 0.05) is 0 Å². The first-order chi connectivity index (χ1) is 8.66. The lowest BCUT2D eigenvalue weighted by Gasteiger charge is -2.17. The van der Waals surface area contributed by atoms with Crippen molar-refractivity contribution in [2.75, 3.05) is 0 Å². The molecule has 0 amide bonds. The molecule has 3 heteroatoms. The van der Waals surface area contributed by atoms with Crippen LogP contribution in [-0.4, -0.2) is 11.1 Å². The molecular weight excluding hydrogens is 231 g/mol. The van der Waals surface area contributed by atoms with Gasteiger partial charge >= 0.3 is 5.97 Å². The van der Waals surface area contributed by atoms with Gasteiger partial charge in [-0.1, -0.05) is 43.9 Å². The van der Waals surface area contributed by atoms with Crippen LogP contribution in [0.1, 0.15) is 37.7 Å². The van der Waals surface area contributed by atoms with Crippen LogP contribution in [0.5, 0.6) is 0 Å². The molecule has 0 bridgehead atoms. The number of aliphatic carboxylic acids is 1. The van der Waals surface area contributed by atoms with Crippen LogP contribution in [0.3, 0.4) is 0 Å². The molecule has 0 aromatic heterocycles. The number of hydrogen-bond acceptors (Lipinski definition) is 1. The van der Waals surface area contributed by atoms with Gasteiger partial charge in [0.15, 0.2) is 0 Å². The molecule has 18 heavy (non-hydrogen) atoms. The van der Waals surface area contributed by atoms with Crippen LogP contribution in [0.15, 0.2) is 24.3 Å². The van der Waals surface area contributed by atoms with Gasteiger partial charge in [0.05, 0.1) is 5.92 Å². The number of carboxylic acids is 1. The lowest BCUT2D eigenvalue weighted by atomic mass is 9.88. The summed E-state index contributed by atoms with van der Waals surface area (Å²) in [6.07, 6.45) is 5.65. The summed E-state index contributed by atoms with van der Waals surface area (Å²) in [4.78, 5) is 11.3. The summed E-state index contributed by atoms with van der Waals surface area (Å²) in [6, 6.07) is 6.46. The Morgan fingerprint density at radius 3 is 2.61 bits per heavy atom. The van der Waals surface area contributed by atoms with Gasteiger partial charge in [-0.3, -0.25) is 4.79 Å². The van der Waals surface area contributed by atoms with Gasteiger partial charge in [0.2, 0.25) is 0 Å². The fourth-order valence-electron chi connectivity index (χ4n) is 2.85. The first-order valence-electron chi connectivity index (χ1n) is 6.63. The molecule has 1 aliphatic carbocycles.